The molecule has 0 amide bonds. The molecular formula is C28H29F4NO5S. The number of ketones is 1. The van der Waals surface area contributed by atoms with Gasteiger partial charge in [-0.25, -0.2) is 22.4 Å². The quantitative estimate of drug-likeness (QED) is 0.306. The SMILES string of the molecule is C[C@]12C=CC(=O)C=C1[C@@H](F)C[C@H]1[C@@H]3CC[C@](OC(=O)c4ccc(F)c(N)c4)(C(=O)SCF)[C@@]3(C)C[C@H](O)[C@@]12F. The second kappa shape index (κ2) is 9.19. The summed E-state index contributed by atoms with van der Waals surface area (Å²) in [4.78, 5) is 38.8. The highest BCUT2D eigenvalue weighted by atomic mass is 32.2. The third kappa shape index (κ3) is 3.68. The number of fused-ring (bicyclic) bond motifs is 5. The van der Waals surface area contributed by atoms with Crippen molar-refractivity contribution in [2.24, 2.45) is 22.7 Å². The zero-order chi connectivity index (χ0) is 28.5. The van der Waals surface area contributed by atoms with Crippen LogP contribution in [0.4, 0.5) is 23.2 Å². The molecule has 8 atom stereocenters. The van der Waals surface area contributed by atoms with Crippen molar-refractivity contribution in [2.45, 2.75) is 63.1 Å². The Balaban J connectivity index is 1.59. The summed E-state index contributed by atoms with van der Waals surface area (Å²) >= 11 is 0.298. The van der Waals surface area contributed by atoms with E-state index in [0.717, 1.165) is 30.4 Å². The summed E-state index contributed by atoms with van der Waals surface area (Å²) in [6, 6.07) is 2.04. The fraction of sp³-hybridized carbons (Fsp3) is 0.536. The molecule has 5 rings (SSSR count). The van der Waals surface area contributed by atoms with Crippen molar-refractivity contribution in [3.63, 3.8) is 0 Å². The molecule has 1 aromatic carbocycles. The first-order chi connectivity index (χ1) is 18.2. The van der Waals surface area contributed by atoms with Crippen molar-refractivity contribution in [3.8, 4) is 0 Å². The van der Waals surface area contributed by atoms with E-state index in [0.29, 0.717) is 11.8 Å². The molecule has 0 saturated heterocycles. The third-order valence-electron chi connectivity index (χ3n) is 9.76. The molecule has 0 aromatic heterocycles. The summed E-state index contributed by atoms with van der Waals surface area (Å²) in [5, 5.41) is 10.7. The number of aliphatic hydroxyl groups is 1. The fourth-order valence-corrected chi connectivity index (χ4v) is 8.50. The smallest absolute Gasteiger partial charge is 0.339 e. The number of hydrogen-bond donors (Lipinski definition) is 2. The number of ether oxygens (including phenoxy) is 1. The van der Waals surface area contributed by atoms with Crippen LogP contribution < -0.4 is 5.73 Å². The molecule has 11 heteroatoms. The third-order valence-corrected chi connectivity index (χ3v) is 10.5. The monoisotopic (exact) mass is 567 g/mol. The van der Waals surface area contributed by atoms with Gasteiger partial charge in [0.25, 0.3) is 0 Å². The molecule has 210 valence electrons. The van der Waals surface area contributed by atoms with Gasteiger partial charge in [0, 0.05) is 16.7 Å². The average molecular weight is 568 g/mol. The topological polar surface area (TPSA) is 107 Å². The van der Waals surface area contributed by atoms with Crippen molar-refractivity contribution in [2.75, 3.05) is 11.7 Å². The predicted molar refractivity (Wildman–Crippen MR) is 136 cm³/mol. The minimum atomic E-state index is -2.38. The Kier molecular flexibility index (Phi) is 6.57. The first kappa shape index (κ1) is 27.9. The van der Waals surface area contributed by atoms with Crippen LogP contribution in [0.5, 0.6) is 0 Å². The maximum atomic E-state index is 17.3. The van der Waals surface area contributed by atoms with Crippen LogP contribution in [0.2, 0.25) is 0 Å². The van der Waals surface area contributed by atoms with Crippen molar-refractivity contribution in [1.82, 2.24) is 0 Å². The van der Waals surface area contributed by atoms with Gasteiger partial charge in [0.1, 0.15) is 18.0 Å². The number of hydrogen-bond acceptors (Lipinski definition) is 7. The van der Waals surface area contributed by atoms with Crippen LogP contribution in [-0.4, -0.2) is 51.5 Å². The molecule has 3 fully saturated rings. The molecule has 0 radical (unpaired) electrons. The molecule has 1 aromatic rings. The van der Waals surface area contributed by atoms with E-state index in [9.17, 15) is 28.3 Å². The van der Waals surface area contributed by atoms with E-state index in [2.05, 4.69) is 0 Å². The minimum Gasteiger partial charge on any atom is -0.446 e. The van der Waals surface area contributed by atoms with E-state index in [1.165, 1.54) is 13.0 Å². The highest BCUT2D eigenvalue weighted by Crippen LogP contribution is 2.71. The van der Waals surface area contributed by atoms with Gasteiger partial charge < -0.3 is 15.6 Å². The average Bonchev–Trinajstić information content (AvgIpc) is 3.16. The second-order valence-electron chi connectivity index (χ2n) is 11.4. The van der Waals surface area contributed by atoms with Crippen LogP contribution in [0.1, 0.15) is 49.9 Å². The lowest BCUT2D eigenvalue weighted by molar-refractivity contribution is -0.219. The number of anilines is 1. The number of carbonyl (C=O) groups is 3. The summed E-state index contributed by atoms with van der Waals surface area (Å²) in [5.74, 6) is -4.08. The van der Waals surface area contributed by atoms with Gasteiger partial charge in [-0.3, -0.25) is 9.59 Å². The van der Waals surface area contributed by atoms with Gasteiger partial charge in [-0.15, -0.1) is 0 Å². The molecular weight excluding hydrogens is 538 g/mol. The van der Waals surface area contributed by atoms with Gasteiger partial charge in [-0.05, 0) is 86.2 Å². The van der Waals surface area contributed by atoms with Crippen LogP contribution in [-0.2, 0) is 14.3 Å². The van der Waals surface area contributed by atoms with Crippen molar-refractivity contribution < 1.29 is 41.8 Å². The number of alkyl halides is 3. The van der Waals surface area contributed by atoms with E-state index in [-0.39, 0.29) is 42.5 Å². The molecule has 3 saturated carbocycles. The standard InChI is InChI=1S/C28H29F4NO5S/c1-25-7-5-15(34)10-18(25)20(31)11-17-16-6-8-27(24(37)39-13-29,26(16,2)12-22(35)28(17,25)32)38-23(36)14-3-4-19(30)21(33)9-14/h3-5,7,9-10,16-17,20,22,35H,6,8,11-13,33H2,1-2H3/t16-,17-,20-,22-,25-,26-,27-,28-/m0/s1. The highest BCUT2D eigenvalue weighted by molar-refractivity contribution is 8.13. The Morgan fingerprint density at radius 3 is 2.64 bits per heavy atom. The molecule has 0 bridgehead atoms. The van der Waals surface area contributed by atoms with E-state index in [1.54, 1.807) is 6.92 Å². The zero-order valence-electron chi connectivity index (χ0n) is 21.4. The van der Waals surface area contributed by atoms with Gasteiger partial charge in [-0.1, -0.05) is 13.0 Å². The first-order valence-corrected chi connectivity index (χ1v) is 13.7. The molecule has 6 nitrogen and oxygen atoms in total. The number of aliphatic hydroxyl groups excluding tert-OH is 1. The highest BCUT2D eigenvalue weighted by Gasteiger charge is 2.76. The van der Waals surface area contributed by atoms with Crippen LogP contribution in [0.3, 0.4) is 0 Å². The van der Waals surface area contributed by atoms with Gasteiger partial charge in [0.2, 0.25) is 5.12 Å². The van der Waals surface area contributed by atoms with E-state index < -0.39 is 74.9 Å². The molecule has 4 aliphatic rings. The number of benzene rings is 1. The lowest BCUT2D eigenvalue weighted by Crippen LogP contribution is -2.70. The molecule has 3 N–H and O–H groups in total. The molecule has 0 heterocycles. The Morgan fingerprint density at radius 2 is 1.97 bits per heavy atom. The van der Waals surface area contributed by atoms with E-state index >= 15 is 8.78 Å². The largest absolute Gasteiger partial charge is 0.446 e. The maximum absolute atomic E-state index is 17.3. The summed E-state index contributed by atoms with van der Waals surface area (Å²) in [5.41, 5.74) is -2.28. The lowest BCUT2D eigenvalue weighted by atomic mass is 9.44. The number of halogens is 4. The number of rotatable bonds is 4. The fourth-order valence-electron chi connectivity index (χ4n) is 7.79. The molecule has 4 aliphatic carbocycles. The summed E-state index contributed by atoms with van der Waals surface area (Å²) in [7, 11) is 0. The van der Waals surface area contributed by atoms with Crippen LogP contribution in [0.25, 0.3) is 0 Å². The van der Waals surface area contributed by atoms with Crippen LogP contribution in [0.15, 0.2) is 42.0 Å². The number of thioether (sulfide) groups is 1. The second-order valence-corrected chi connectivity index (χ2v) is 12.3. The Morgan fingerprint density at radius 1 is 1.26 bits per heavy atom. The number of esters is 1. The van der Waals surface area contributed by atoms with Crippen LogP contribution in [0, 0.1) is 28.5 Å². The number of allylic oxidation sites excluding steroid dienone is 4. The van der Waals surface area contributed by atoms with Crippen LogP contribution >= 0.6 is 11.8 Å². The Hall–Kier alpha value is -2.66. The van der Waals surface area contributed by atoms with E-state index in [4.69, 9.17) is 10.5 Å². The summed E-state index contributed by atoms with van der Waals surface area (Å²) in [6.07, 6.45) is -0.514. The summed E-state index contributed by atoms with van der Waals surface area (Å²) in [6.45, 7) is 3.04. The Bertz CT molecular complexity index is 1320. The lowest BCUT2D eigenvalue weighted by Gasteiger charge is -2.63. The van der Waals surface area contributed by atoms with Crippen molar-refractivity contribution >= 4 is 34.3 Å². The van der Waals surface area contributed by atoms with Gasteiger partial charge in [0.15, 0.2) is 17.1 Å². The van der Waals surface area contributed by atoms with Crippen molar-refractivity contribution in [1.29, 1.82) is 0 Å². The zero-order valence-corrected chi connectivity index (χ0v) is 22.2. The molecule has 0 unspecified atom stereocenters. The molecule has 0 spiro atoms. The molecule has 39 heavy (non-hydrogen) atoms. The minimum absolute atomic E-state index is 0.0370. The predicted octanol–water partition coefficient (Wildman–Crippen LogP) is 4.81. The van der Waals surface area contributed by atoms with Gasteiger partial charge >= 0.3 is 5.97 Å². The number of carbonyl (C=O) groups excluding carboxylic acids is 3. The summed E-state index contributed by atoms with van der Waals surface area (Å²) < 4.78 is 65.9. The normalized spacial score (nSPS) is 40.8. The van der Waals surface area contributed by atoms with Gasteiger partial charge in [0.05, 0.1) is 17.4 Å². The number of nitrogens with two attached hydrogens (primary N) is 1. The van der Waals surface area contributed by atoms with Gasteiger partial charge in [-0.2, -0.15) is 0 Å². The first-order valence-electron chi connectivity index (χ1n) is 12.7. The Labute approximate surface area is 227 Å². The van der Waals surface area contributed by atoms with E-state index in [1.807, 2.05) is 0 Å². The van der Waals surface area contributed by atoms with Crippen molar-refractivity contribution in [3.05, 3.63) is 53.4 Å². The maximum Gasteiger partial charge on any atom is 0.339 e. The molecule has 0 aliphatic heterocycles. The number of nitrogen functional groups attached to an aromatic ring is 1.